The quantitative estimate of drug-likeness (QED) is 0.836. The normalized spacial score (nSPS) is 17.9. The van der Waals surface area contributed by atoms with Gasteiger partial charge in [0.2, 0.25) is 0 Å². The Balaban J connectivity index is 0.00000180. The molecule has 3 N–H and O–H groups in total. The summed E-state index contributed by atoms with van der Waals surface area (Å²) < 4.78 is 0. The van der Waals surface area contributed by atoms with Crippen LogP contribution in [0.15, 0.2) is 24.3 Å². The number of nitrogens with one attached hydrogen (secondary N) is 1. The number of nitrogen functional groups attached to an aromatic ring is 1. The van der Waals surface area contributed by atoms with Gasteiger partial charge >= 0.3 is 0 Å². The third-order valence-electron chi connectivity index (χ3n) is 3.54. The molecule has 2 rings (SSSR count). The lowest BCUT2D eigenvalue weighted by Gasteiger charge is -2.13. The number of nitrogens with two attached hydrogens (primary N) is 1. The number of hydrogen-bond donors (Lipinski definition) is 2. The summed E-state index contributed by atoms with van der Waals surface area (Å²) in [5, 5.41) is 3.00. The second kappa shape index (κ2) is 9.06. The van der Waals surface area contributed by atoms with E-state index in [9.17, 15) is 4.79 Å². The molecular formula is C14H23Cl2N3O. The molecule has 1 saturated heterocycles. The first-order chi connectivity index (χ1) is 8.69. The fourth-order valence-corrected chi connectivity index (χ4v) is 2.34. The largest absolute Gasteiger partial charge is 0.399 e. The summed E-state index contributed by atoms with van der Waals surface area (Å²) in [6, 6.07) is 7.03. The minimum Gasteiger partial charge on any atom is -0.399 e. The predicted molar refractivity (Wildman–Crippen MR) is 87.9 cm³/mol. The molecule has 1 aliphatic heterocycles. The molecule has 0 bridgehead atoms. The van der Waals surface area contributed by atoms with E-state index in [0.717, 1.165) is 26.2 Å². The second-order valence-corrected chi connectivity index (χ2v) is 4.88. The number of anilines is 1. The van der Waals surface area contributed by atoms with E-state index in [2.05, 4.69) is 17.1 Å². The van der Waals surface area contributed by atoms with Crippen molar-refractivity contribution in [1.82, 2.24) is 10.2 Å². The number of halogens is 2. The molecule has 1 heterocycles. The van der Waals surface area contributed by atoms with E-state index >= 15 is 0 Å². The SMILES string of the molecule is CCN1CCC(CNC(=O)c2ccc(N)cc2)C1.Cl.Cl. The minimum absolute atomic E-state index is 0. The first-order valence-corrected chi connectivity index (χ1v) is 6.55. The zero-order valence-corrected chi connectivity index (χ0v) is 13.3. The molecule has 1 fully saturated rings. The highest BCUT2D eigenvalue weighted by atomic mass is 35.5. The topological polar surface area (TPSA) is 58.4 Å². The molecule has 1 aromatic rings. The van der Waals surface area contributed by atoms with Crippen molar-refractivity contribution in [2.75, 3.05) is 31.9 Å². The third kappa shape index (κ3) is 5.19. The summed E-state index contributed by atoms with van der Waals surface area (Å²) >= 11 is 0. The van der Waals surface area contributed by atoms with Gasteiger partial charge in [0.15, 0.2) is 0 Å². The van der Waals surface area contributed by atoms with E-state index in [0.29, 0.717) is 17.2 Å². The van der Waals surface area contributed by atoms with Crippen molar-refractivity contribution in [3.8, 4) is 0 Å². The Morgan fingerprint density at radius 1 is 1.35 bits per heavy atom. The van der Waals surface area contributed by atoms with Crippen LogP contribution in [-0.4, -0.2) is 37.0 Å². The van der Waals surface area contributed by atoms with Crippen LogP contribution < -0.4 is 11.1 Å². The Morgan fingerprint density at radius 3 is 2.55 bits per heavy atom. The molecule has 0 saturated carbocycles. The standard InChI is InChI=1S/C14H21N3O.2ClH/c1-2-17-8-7-11(10-17)9-16-14(18)12-3-5-13(15)6-4-12;;/h3-6,11H,2,7-10,15H2,1H3,(H,16,18);2*1H. The average molecular weight is 320 g/mol. The number of carbonyl (C=O) groups excluding carboxylic acids is 1. The van der Waals surface area contributed by atoms with Gasteiger partial charge in [0, 0.05) is 24.3 Å². The van der Waals surface area contributed by atoms with Crippen LogP contribution in [0.25, 0.3) is 0 Å². The van der Waals surface area contributed by atoms with Crippen molar-refractivity contribution in [1.29, 1.82) is 0 Å². The van der Waals surface area contributed by atoms with Crippen molar-refractivity contribution in [3.05, 3.63) is 29.8 Å². The van der Waals surface area contributed by atoms with Gasteiger partial charge in [0.05, 0.1) is 0 Å². The number of hydrogen-bond acceptors (Lipinski definition) is 3. The minimum atomic E-state index is -0.00931. The Labute approximate surface area is 132 Å². The van der Waals surface area contributed by atoms with E-state index in [1.54, 1.807) is 24.3 Å². The van der Waals surface area contributed by atoms with Gasteiger partial charge in [-0.1, -0.05) is 6.92 Å². The van der Waals surface area contributed by atoms with E-state index in [4.69, 9.17) is 5.73 Å². The monoisotopic (exact) mass is 319 g/mol. The number of nitrogens with zero attached hydrogens (tertiary/aromatic N) is 1. The second-order valence-electron chi connectivity index (χ2n) is 4.88. The maximum absolute atomic E-state index is 11.9. The molecule has 1 aliphatic rings. The van der Waals surface area contributed by atoms with Crippen LogP contribution in [0, 0.1) is 5.92 Å². The van der Waals surface area contributed by atoms with Crippen LogP contribution in [-0.2, 0) is 0 Å². The van der Waals surface area contributed by atoms with Crippen LogP contribution in [0.3, 0.4) is 0 Å². The lowest BCUT2D eigenvalue weighted by molar-refractivity contribution is 0.0947. The zero-order chi connectivity index (χ0) is 13.0. The average Bonchev–Trinajstić information content (AvgIpc) is 2.85. The Bertz CT molecular complexity index is 411. The molecule has 1 aromatic carbocycles. The smallest absolute Gasteiger partial charge is 0.251 e. The number of rotatable bonds is 4. The van der Waals surface area contributed by atoms with Crippen LogP contribution in [0.4, 0.5) is 5.69 Å². The Morgan fingerprint density at radius 2 is 2.00 bits per heavy atom. The first-order valence-electron chi connectivity index (χ1n) is 6.55. The molecule has 6 heteroatoms. The van der Waals surface area contributed by atoms with Crippen molar-refractivity contribution < 1.29 is 4.79 Å². The molecule has 1 atom stereocenters. The van der Waals surface area contributed by atoms with Gasteiger partial charge in [0.25, 0.3) is 5.91 Å². The van der Waals surface area contributed by atoms with Gasteiger partial charge in [-0.25, -0.2) is 0 Å². The predicted octanol–water partition coefficient (Wildman–Crippen LogP) is 2.18. The highest BCUT2D eigenvalue weighted by molar-refractivity contribution is 5.94. The van der Waals surface area contributed by atoms with Gasteiger partial charge in [-0.15, -0.1) is 24.8 Å². The molecule has 1 amide bonds. The van der Waals surface area contributed by atoms with Gasteiger partial charge in [-0.05, 0) is 49.7 Å². The highest BCUT2D eigenvalue weighted by Gasteiger charge is 2.21. The van der Waals surface area contributed by atoms with E-state index in [1.807, 2.05) is 0 Å². The van der Waals surface area contributed by atoms with Gasteiger partial charge in [-0.3, -0.25) is 4.79 Å². The number of amides is 1. The van der Waals surface area contributed by atoms with Gasteiger partial charge in [-0.2, -0.15) is 0 Å². The summed E-state index contributed by atoms with van der Waals surface area (Å²) in [5.74, 6) is 0.577. The lowest BCUT2D eigenvalue weighted by atomic mass is 10.1. The molecule has 0 aliphatic carbocycles. The number of carbonyl (C=O) groups is 1. The van der Waals surface area contributed by atoms with Crippen LogP contribution in [0.5, 0.6) is 0 Å². The first kappa shape index (κ1) is 19.0. The molecule has 1 unspecified atom stereocenters. The molecule has 0 spiro atoms. The summed E-state index contributed by atoms with van der Waals surface area (Å²) in [6.45, 7) is 6.29. The molecule has 0 aromatic heterocycles. The van der Waals surface area contributed by atoms with Crippen LogP contribution >= 0.6 is 24.8 Å². The van der Waals surface area contributed by atoms with Crippen molar-refractivity contribution >= 4 is 36.4 Å². The molecular weight excluding hydrogens is 297 g/mol. The van der Waals surface area contributed by atoms with E-state index in [-0.39, 0.29) is 30.7 Å². The summed E-state index contributed by atoms with van der Waals surface area (Å²) in [5.41, 5.74) is 6.95. The summed E-state index contributed by atoms with van der Waals surface area (Å²) in [7, 11) is 0. The lowest BCUT2D eigenvalue weighted by Crippen LogP contribution is -2.31. The van der Waals surface area contributed by atoms with Crippen molar-refractivity contribution in [3.63, 3.8) is 0 Å². The van der Waals surface area contributed by atoms with Gasteiger partial charge < -0.3 is 16.0 Å². The number of likely N-dealkylation sites (tertiary alicyclic amines) is 1. The van der Waals surface area contributed by atoms with Crippen molar-refractivity contribution in [2.45, 2.75) is 13.3 Å². The Hall–Kier alpha value is -0.970. The fourth-order valence-electron chi connectivity index (χ4n) is 2.34. The third-order valence-corrected chi connectivity index (χ3v) is 3.54. The maximum Gasteiger partial charge on any atom is 0.251 e. The van der Waals surface area contributed by atoms with E-state index in [1.165, 1.54) is 6.42 Å². The van der Waals surface area contributed by atoms with Crippen molar-refractivity contribution in [2.24, 2.45) is 5.92 Å². The maximum atomic E-state index is 11.9. The highest BCUT2D eigenvalue weighted by Crippen LogP contribution is 2.14. The molecule has 114 valence electrons. The summed E-state index contributed by atoms with van der Waals surface area (Å²) in [6.07, 6.45) is 1.18. The van der Waals surface area contributed by atoms with Crippen LogP contribution in [0.2, 0.25) is 0 Å². The van der Waals surface area contributed by atoms with Gasteiger partial charge in [0.1, 0.15) is 0 Å². The molecule has 4 nitrogen and oxygen atoms in total. The molecule has 0 radical (unpaired) electrons. The Kier molecular flexibility index (Phi) is 8.62. The zero-order valence-electron chi connectivity index (χ0n) is 11.7. The summed E-state index contributed by atoms with van der Waals surface area (Å²) in [4.78, 5) is 14.3. The van der Waals surface area contributed by atoms with Crippen LogP contribution in [0.1, 0.15) is 23.7 Å². The fraction of sp³-hybridized carbons (Fsp3) is 0.500. The molecule has 20 heavy (non-hydrogen) atoms. The van der Waals surface area contributed by atoms with E-state index < -0.39 is 0 Å². The number of benzene rings is 1.